The number of hydrogen-bond donors (Lipinski definition) is 3. The SMILES string of the molecule is CC(C)CC(=O)N[C@@H](C)C(=O)NC(C=O)CC(=O)O. The Hall–Kier alpha value is -1.92. The number of rotatable bonds is 8. The quantitative estimate of drug-likeness (QED) is 0.525. The van der Waals surface area contributed by atoms with E-state index in [9.17, 15) is 19.2 Å². The molecule has 0 heterocycles. The summed E-state index contributed by atoms with van der Waals surface area (Å²) in [4.78, 5) is 44.1. The lowest BCUT2D eigenvalue weighted by molar-refractivity contribution is -0.139. The molecule has 0 aliphatic carbocycles. The van der Waals surface area contributed by atoms with Crippen molar-refractivity contribution in [2.45, 2.75) is 45.7 Å². The molecule has 0 spiro atoms. The van der Waals surface area contributed by atoms with E-state index in [1.54, 1.807) is 0 Å². The minimum absolute atomic E-state index is 0.171. The third-order valence-corrected chi connectivity index (χ3v) is 2.25. The Morgan fingerprint density at radius 3 is 2.11 bits per heavy atom. The zero-order valence-corrected chi connectivity index (χ0v) is 11.3. The Labute approximate surface area is 111 Å². The molecule has 0 aromatic carbocycles. The number of carboxylic acid groups (broad SMARTS) is 1. The molecule has 0 bridgehead atoms. The fraction of sp³-hybridized carbons (Fsp3) is 0.667. The van der Waals surface area contributed by atoms with Gasteiger partial charge in [0.05, 0.1) is 12.5 Å². The Kier molecular flexibility index (Phi) is 7.40. The number of carbonyl (C=O) groups excluding carboxylic acids is 3. The van der Waals surface area contributed by atoms with E-state index in [1.165, 1.54) is 6.92 Å². The smallest absolute Gasteiger partial charge is 0.305 e. The third-order valence-electron chi connectivity index (χ3n) is 2.25. The fourth-order valence-electron chi connectivity index (χ4n) is 1.37. The number of nitrogens with one attached hydrogen (secondary N) is 2. The topological polar surface area (TPSA) is 113 Å². The second kappa shape index (κ2) is 8.23. The molecule has 1 unspecified atom stereocenters. The molecule has 0 aliphatic heterocycles. The maximum Gasteiger partial charge on any atom is 0.305 e. The van der Waals surface area contributed by atoms with Crippen LogP contribution in [0.1, 0.15) is 33.6 Å². The summed E-state index contributed by atoms with van der Waals surface area (Å²) in [5.74, 6) is -1.87. The fourth-order valence-corrected chi connectivity index (χ4v) is 1.37. The van der Waals surface area contributed by atoms with Crippen molar-refractivity contribution in [1.29, 1.82) is 0 Å². The Morgan fingerprint density at radius 2 is 1.68 bits per heavy atom. The molecule has 2 amide bonds. The van der Waals surface area contributed by atoms with Gasteiger partial charge in [-0.1, -0.05) is 13.8 Å². The van der Waals surface area contributed by atoms with E-state index in [2.05, 4.69) is 10.6 Å². The van der Waals surface area contributed by atoms with Gasteiger partial charge in [-0.05, 0) is 12.8 Å². The molecule has 0 aliphatic rings. The molecule has 0 fully saturated rings. The summed E-state index contributed by atoms with van der Waals surface area (Å²) in [5, 5.41) is 13.3. The van der Waals surface area contributed by atoms with E-state index in [1.807, 2.05) is 13.8 Å². The summed E-state index contributed by atoms with van der Waals surface area (Å²) < 4.78 is 0. The predicted octanol–water partition coefficient (Wildman–Crippen LogP) is -0.304. The van der Waals surface area contributed by atoms with Crippen molar-refractivity contribution in [3.8, 4) is 0 Å². The maximum absolute atomic E-state index is 11.6. The van der Waals surface area contributed by atoms with Crippen LogP contribution in [0.25, 0.3) is 0 Å². The standard InChI is InChI=1S/C12H20N2O5/c1-7(2)4-10(16)13-8(3)12(19)14-9(6-15)5-11(17)18/h6-9H,4-5H2,1-3H3,(H,13,16)(H,14,19)(H,17,18)/t8-,9?/m0/s1. The van der Waals surface area contributed by atoms with Gasteiger partial charge < -0.3 is 20.5 Å². The van der Waals surface area contributed by atoms with Crippen LogP contribution in [0.2, 0.25) is 0 Å². The minimum Gasteiger partial charge on any atom is -0.481 e. The van der Waals surface area contributed by atoms with Gasteiger partial charge in [-0.25, -0.2) is 0 Å². The van der Waals surface area contributed by atoms with Crippen LogP contribution in [0.4, 0.5) is 0 Å². The highest BCUT2D eigenvalue weighted by atomic mass is 16.4. The summed E-state index contributed by atoms with van der Waals surface area (Å²) in [5.41, 5.74) is 0. The number of hydrogen-bond acceptors (Lipinski definition) is 4. The predicted molar refractivity (Wildman–Crippen MR) is 67.3 cm³/mol. The molecule has 0 aromatic heterocycles. The highest BCUT2D eigenvalue weighted by Crippen LogP contribution is 1.99. The number of carbonyl (C=O) groups is 4. The second-order valence-electron chi connectivity index (χ2n) is 4.74. The zero-order valence-electron chi connectivity index (χ0n) is 11.3. The lowest BCUT2D eigenvalue weighted by Crippen LogP contribution is -2.49. The van der Waals surface area contributed by atoms with Gasteiger partial charge in [0, 0.05) is 6.42 Å². The van der Waals surface area contributed by atoms with Gasteiger partial charge >= 0.3 is 5.97 Å². The van der Waals surface area contributed by atoms with Crippen LogP contribution < -0.4 is 10.6 Å². The number of carboxylic acids is 1. The van der Waals surface area contributed by atoms with Crippen molar-refractivity contribution >= 4 is 24.1 Å². The molecule has 0 rings (SSSR count). The van der Waals surface area contributed by atoms with Gasteiger partial charge in [-0.3, -0.25) is 14.4 Å². The maximum atomic E-state index is 11.6. The van der Waals surface area contributed by atoms with Crippen LogP contribution in [0, 0.1) is 5.92 Å². The molecule has 0 saturated carbocycles. The molecule has 0 radical (unpaired) electrons. The van der Waals surface area contributed by atoms with E-state index in [0.717, 1.165) is 0 Å². The van der Waals surface area contributed by atoms with Crippen molar-refractivity contribution in [3.05, 3.63) is 0 Å². The highest BCUT2D eigenvalue weighted by molar-refractivity contribution is 5.89. The van der Waals surface area contributed by atoms with E-state index in [-0.39, 0.29) is 11.8 Å². The van der Waals surface area contributed by atoms with Crippen LogP contribution in [0.5, 0.6) is 0 Å². The van der Waals surface area contributed by atoms with Crippen LogP contribution in [-0.4, -0.2) is 41.3 Å². The van der Waals surface area contributed by atoms with Crippen LogP contribution in [0.15, 0.2) is 0 Å². The minimum atomic E-state index is -1.19. The third kappa shape index (κ3) is 7.91. The van der Waals surface area contributed by atoms with Crippen molar-refractivity contribution in [3.63, 3.8) is 0 Å². The lowest BCUT2D eigenvalue weighted by atomic mass is 10.1. The molecular formula is C12H20N2O5. The van der Waals surface area contributed by atoms with E-state index in [4.69, 9.17) is 5.11 Å². The van der Waals surface area contributed by atoms with Gasteiger partial charge in [0.1, 0.15) is 12.3 Å². The largest absolute Gasteiger partial charge is 0.481 e. The van der Waals surface area contributed by atoms with Gasteiger partial charge in [0.15, 0.2) is 0 Å². The summed E-state index contributed by atoms with van der Waals surface area (Å²) in [6.45, 7) is 5.22. The molecular weight excluding hydrogens is 252 g/mol. The van der Waals surface area contributed by atoms with E-state index in [0.29, 0.717) is 12.7 Å². The van der Waals surface area contributed by atoms with Gasteiger partial charge in [0.25, 0.3) is 0 Å². The second-order valence-corrected chi connectivity index (χ2v) is 4.74. The van der Waals surface area contributed by atoms with Crippen LogP contribution >= 0.6 is 0 Å². The van der Waals surface area contributed by atoms with Crippen LogP contribution in [-0.2, 0) is 19.2 Å². The Morgan fingerprint density at radius 1 is 1.11 bits per heavy atom. The van der Waals surface area contributed by atoms with E-state index < -0.39 is 30.4 Å². The van der Waals surface area contributed by atoms with E-state index >= 15 is 0 Å². The molecule has 108 valence electrons. The first-order valence-corrected chi connectivity index (χ1v) is 6.03. The first-order valence-electron chi connectivity index (χ1n) is 6.03. The molecule has 7 heteroatoms. The number of amides is 2. The number of aldehydes is 1. The summed E-state index contributed by atoms with van der Waals surface area (Å²) in [6, 6.07) is -1.91. The molecule has 3 N–H and O–H groups in total. The van der Waals surface area contributed by atoms with Gasteiger partial charge in [0.2, 0.25) is 11.8 Å². The molecule has 0 saturated heterocycles. The average molecular weight is 272 g/mol. The van der Waals surface area contributed by atoms with Gasteiger partial charge in [-0.15, -0.1) is 0 Å². The summed E-state index contributed by atoms with van der Waals surface area (Å²) in [7, 11) is 0. The van der Waals surface area contributed by atoms with Crippen LogP contribution in [0.3, 0.4) is 0 Å². The summed E-state index contributed by atoms with van der Waals surface area (Å²) >= 11 is 0. The van der Waals surface area contributed by atoms with Crippen molar-refractivity contribution in [2.24, 2.45) is 5.92 Å². The first-order chi connectivity index (χ1) is 8.76. The monoisotopic (exact) mass is 272 g/mol. The van der Waals surface area contributed by atoms with Crippen molar-refractivity contribution < 1.29 is 24.3 Å². The first kappa shape index (κ1) is 17.1. The highest BCUT2D eigenvalue weighted by Gasteiger charge is 2.20. The van der Waals surface area contributed by atoms with Crippen molar-refractivity contribution in [2.75, 3.05) is 0 Å². The average Bonchev–Trinajstić information content (AvgIpc) is 2.25. The number of aliphatic carboxylic acids is 1. The molecule has 19 heavy (non-hydrogen) atoms. The normalized spacial score (nSPS) is 13.5. The molecule has 2 atom stereocenters. The molecule has 7 nitrogen and oxygen atoms in total. The lowest BCUT2D eigenvalue weighted by Gasteiger charge is -2.17. The zero-order chi connectivity index (χ0) is 15.0. The van der Waals surface area contributed by atoms with Crippen molar-refractivity contribution in [1.82, 2.24) is 10.6 Å². The van der Waals surface area contributed by atoms with Gasteiger partial charge in [-0.2, -0.15) is 0 Å². The summed E-state index contributed by atoms with van der Waals surface area (Å²) in [6.07, 6.45) is 0.167. The Bertz CT molecular complexity index is 354. The Balaban J connectivity index is 4.28. The molecule has 0 aromatic rings.